The van der Waals surface area contributed by atoms with Crippen LogP contribution < -0.4 is 5.73 Å². The summed E-state index contributed by atoms with van der Waals surface area (Å²) >= 11 is 1.45. The van der Waals surface area contributed by atoms with E-state index in [0.717, 1.165) is 6.07 Å². The van der Waals surface area contributed by atoms with E-state index in [1.165, 1.54) is 17.8 Å². The number of thioether (sulfide) groups is 1. The Hall–Kier alpha value is -1.14. The Balaban J connectivity index is 2.80. The smallest absolute Gasteiger partial charge is 0.305 e. The molecule has 0 aromatic heterocycles. The lowest BCUT2D eigenvalue weighted by Gasteiger charge is -2.02. The number of nitro benzene ring substituents is 1. The average Bonchev–Trinajstić information content (AvgIpc) is 2.20. The molecule has 0 bridgehead atoms. The molecule has 0 aliphatic carbocycles. The molecule has 2 N–H and O–H groups in total. The van der Waals surface area contributed by atoms with Gasteiger partial charge in [-0.2, -0.15) is 16.2 Å². The van der Waals surface area contributed by atoms with Crippen molar-refractivity contribution in [3.63, 3.8) is 0 Å². The van der Waals surface area contributed by atoms with Crippen LogP contribution in [0.5, 0.6) is 0 Å². The number of rotatable bonds is 5. The van der Waals surface area contributed by atoms with E-state index < -0.39 is 16.4 Å². The highest BCUT2D eigenvalue weighted by molar-refractivity contribution is 7.98. The highest BCUT2D eigenvalue weighted by atomic mass is 32.2. The molecule has 0 unspecified atom stereocenters. The first-order valence-corrected chi connectivity index (χ1v) is 5.52. The normalized spacial score (nSPS) is 10.3. The first kappa shape index (κ1) is 11.9. The monoisotopic (exact) mass is 230 g/mol. The van der Waals surface area contributed by atoms with Crippen LogP contribution in [0, 0.1) is 15.9 Å². The van der Waals surface area contributed by atoms with Gasteiger partial charge in [0.25, 0.3) is 0 Å². The third-order valence-electron chi connectivity index (χ3n) is 1.77. The number of hydrogen-bond donors (Lipinski definition) is 1. The van der Waals surface area contributed by atoms with Crippen molar-refractivity contribution in [3.8, 4) is 0 Å². The molecule has 1 aromatic rings. The van der Waals surface area contributed by atoms with Gasteiger partial charge < -0.3 is 5.73 Å². The summed E-state index contributed by atoms with van der Waals surface area (Å²) in [4.78, 5) is 9.73. The zero-order chi connectivity index (χ0) is 11.3. The molecule has 1 aromatic carbocycles. The minimum Gasteiger partial charge on any atom is -0.330 e. The van der Waals surface area contributed by atoms with Crippen LogP contribution in [-0.2, 0) is 5.75 Å². The average molecular weight is 230 g/mol. The van der Waals surface area contributed by atoms with Crippen molar-refractivity contribution in [1.29, 1.82) is 0 Å². The summed E-state index contributed by atoms with van der Waals surface area (Å²) < 4.78 is 13.5. The fourth-order valence-electron chi connectivity index (χ4n) is 1.08. The van der Waals surface area contributed by atoms with Crippen molar-refractivity contribution >= 4 is 17.4 Å². The summed E-state index contributed by atoms with van der Waals surface area (Å²) in [5.41, 5.74) is 5.16. The highest BCUT2D eigenvalue weighted by Crippen LogP contribution is 2.23. The van der Waals surface area contributed by atoms with Gasteiger partial charge in [0.2, 0.25) is 5.82 Å². The summed E-state index contributed by atoms with van der Waals surface area (Å²) in [5.74, 6) is 0.374. The molecule has 0 aliphatic heterocycles. The Morgan fingerprint density at radius 3 is 2.87 bits per heavy atom. The standard InChI is InChI=1S/C9H11FN2O2S/c10-9-7(6-15-5-4-11)2-1-3-8(9)12(13)14/h1-3H,4-6,11H2. The predicted octanol–water partition coefficient (Wildman–Crippen LogP) is 1.93. The molecule has 6 heteroatoms. The molecular formula is C9H11FN2O2S. The Kier molecular flexibility index (Phi) is 4.51. The number of nitro groups is 1. The summed E-state index contributed by atoms with van der Waals surface area (Å²) in [6.07, 6.45) is 0. The molecule has 0 radical (unpaired) electrons. The third kappa shape index (κ3) is 3.17. The zero-order valence-electron chi connectivity index (χ0n) is 7.98. The molecule has 4 nitrogen and oxygen atoms in total. The highest BCUT2D eigenvalue weighted by Gasteiger charge is 2.16. The van der Waals surface area contributed by atoms with Crippen LogP contribution in [0.15, 0.2) is 18.2 Å². The van der Waals surface area contributed by atoms with E-state index in [9.17, 15) is 14.5 Å². The van der Waals surface area contributed by atoms with E-state index in [1.54, 1.807) is 6.07 Å². The Morgan fingerprint density at radius 2 is 2.27 bits per heavy atom. The van der Waals surface area contributed by atoms with Crippen molar-refractivity contribution in [3.05, 3.63) is 39.7 Å². The maximum absolute atomic E-state index is 13.5. The Labute approximate surface area is 90.8 Å². The lowest BCUT2D eigenvalue weighted by Crippen LogP contribution is -2.02. The first-order valence-electron chi connectivity index (χ1n) is 4.36. The van der Waals surface area contributed by atoms with Gasteiger partial charge in [0.1, 0.15) is 0 Å². The van der Waals surface area contributed by atoms with Crippen LogP contribution in [0.2, 0.25) is 0 Å². The van der Waals surface area contributed by atoms with Gasteiger partial charge in [-0.15, -0.1) is 0 Å². The van der Waals surface area contributed by atoms with Crippen molar-refractivity contribution < 1.29 is 9.31 Å². The van der Waals surface area contributed by atoms with E-state index in [0.29, 0.717) is 23.6 Å². The number of hydrogen-bond acceptors (Lipinski definition) is 4. The molecular weight excluding hydrogens is 219 g/mol. The van der Waals surface area contributed by atoms with Crippen LogP contribution in [0.3, 0.4) is 0 Å². The van der Waals surface area contributed by atoms with Gasteiger partial charge in [-0.3, -0.25) is 10.1 Å². The molecule has 15 heavy (non-hydrogen) atoms. The molecule has 0 spiro atoms. The molecule has 0 aliphatic rings. The molecule has 82 valence electrons. The van der Waals surface area contributed by atoms with E-state index in [4.69, 9.17) is 5.73 Å². The number of halogens is 1. The van der Waals surface area contributed by atoms with Crippen LogP contribution in [0.1, 0.15) is 5.56 Å². The largest absolute Gasteiger partial charge is 0.330 e. The van der Waals surface area contributed by atoms with E-state index in [-0.39, 0.29) is 0 Å². The van der Waals surface area contributed by atoms with E-state index in [2.05, 4.69) is 0 Å². The number of benzene rings is 1. The molecule has 0 amide bonds. The van der Waals surface area contributed by atoms with Crippen LogP contribution in [0.4, 0.5) is 10.1 Å². The SMILES string of the molecule is NCCSCc1cccc([N+](=O)[O-])c1F. The van der Waals surface area contributed by atoms with Crippen LogP contribution in [-0.4, -0.2) is 17.2 Å². The van der Waals surface area contributed by atoms with Gasteiger partial charge in [-0.25, -0.2) is 0 Å². The van der Waals surface area contributed by atoms with Gasteiger partial charge >= 0.3 is 5.69 Å². The molecule has 0 saturated heterocycles. The van der Waals surface area contributed by atoms with Crippen molar-refractivity contribution in [2.24, 2.45) is 5.73 Å². The van der Waals surface area contributed by atoms with Crippen molar-refractivity contribution in [2.75, 3.05) is 12.3 Å². The van der Waals surface area contributed by atoms with Gasteiger partial charge in [-0.05, 0) is 0 Å². The number of nitrogens with two attached hydrogens (primary N) is 1. The quantitative estimate of drug-likeness (QED) is 0.476. The lowest BCUT2D eigenvalue weighted by molar-refractivity contribution is -0.387. The van der Waals surface area contributed by atoms with Gasteiger partial charge in [0.15, 0.2) is 0 Å². The second-order valence-electron chi connectivity index (χ2n) is 2.85. The van der Waals surface area contributed by atoms with E-state index >= 15 is 0 Å². The maximum atomic E-state index is 13.5. The first-order chi connectivity index (χ1) is 7.16. The second kappa shape index (κ2) is 5.67. The minimum atomic E-state index is -0.743. The van der Waals surface area contributed by atoms with Gasteiger partial charge in [-0.1, -0.05) is 12.1 Å². The molecule has 1 rings (SSSR count). The fraction of sp³-hybridized carbons (Fsp3) is 0.333. The van der Waals surface area contributed by atoms with Gasteiger partial charge in [0.05, 0.1) is 4.92 Å². The van der Waals surface area contributed by atoms with Crippen LogP contribution in [0.25, 0.3) is 0 Å². The van der Waals surface area contributed by atoms with E-state index in [1.807, 2.05) is 0 Å². The van der Waals surface area contributed by atoms with Crippen molar-refractivity contribution in [1.82, 2.24) is 0 Å². The zero-order valence-corrected chi connectivity index (χ0v) is 8.80. The fourth-order valence-corrected chi connectivity index (χ4v) is 1.84. The maximum Gasteiger partial charge on any atom is 0.305 e. The summed E-state index contributed by atoms with van der Waals surface area (Å²) in [7, 11) is 0. The third-order valence-corrected chi connectivity index (χ3v) is 2.81. The topological polar surface area (TPSA) is 69.2 Å². The van der Waals surface area contributed by atoms with Crippen molar-refractivity contribution in [2.45, 2.75) is 5.75 Å². The molecule has 0 atom stereocenters. The summed E-state index contributed by atoms with van der Waals surface area (Å²) in [6, 6.07) is 4.19. The predicted molar refractivity (Wildman–Crippen MR) is 58.3 cm³/mol. The number of nitrogens with zero attached hydrogens (tertiary/aromatic N) is 1. The molecule has 0 heterocycles. The summed E-state index contributed by atoms with van der Waals surface area (Å²) in [6.45, 7) is 0.515. The van der Waals surface area contributed by atoms with Crippen LogP contribution >= 0.6 is 11.8 Å². The van der Waals surface area contributed by atoms with Gasteiger partial charge in [0, 0.05) is 29.7 Å². The minimum absolute atomic E-state index is 0.350. The lowest BCUT2D eigenvalue weighted by atomic mass is 10.2. The molecule has 0 fully saturated rings. The molecule has 0 saturated carbocycles. The Morgan fingerprint density at radius 1 is 1.53 bits per heavy atom. The Bertz CT molecular complexity index is 360. The summed E-state index contributed by atoms with van der Waals surface area (Å²) in [5, 5.41) is 10.4. The second-order valence-corrected chi connectivity index (χ2v) is 3.95.